The van der Waals surface area contributed by atoms with Gasteiger partial charge in [-0.05, 0) is 31.5 Å². The zero-order chi connectivity index (χ0) is 13.4. The summed E-state index contributed by atoms with van der Waals surface area (Å²) in [6.45, 7) is 4.40. The van der Waals surface area contributed by atoms with Crippen molar-refractivity contribution in [3.05, 3.63) is 41.5 Å². The van der Waals surface area contributed by atoms with Crippen molar-refractivity contribution in [2.24, 2.45) is 0 Å². The summed E-state index contributed by atoms with van der Waals surface area (Å²) in [4.78, 5) is 18.1. The summed E-state index contributed by atoms with van der Waals surface area (Å²) < 4.78 is 5.16. The third-order valence-corrected chi connectivity index (χ3v) is 3.33. The van der Waals surface area contributed by atoms with E-state index >= 15 is 0 Å². The minimum Gasteiger partial charge on any atom is -0.339 e. The summed E-state index contributed by atoms with van der Waals surface area (Å²) in [5.41, 5.74) is 2.08. The third-order valence-electron chi connectivity index (χ3n) is 3.33. The minimum absolute atomic E-state index is 0.00536. The first kappa shape index (κ1) is 11.9. The molecule has 3 rings (SSSR count). The van der Waals surface area contributed by atoms with Crippen LogP contribution in [0.25, 0.3) is 0 Å². The fourth-order valence-electron chi connectivity index (χ4n) is 2.40. The van der Waals surface area contributed by atoms with Crippen LogP contribution in [-0.4, -0.2) is 22.6 Å². The molecule has 1 aromatic carbocycles. The van der Waals surface area contributed by atoms with Crippen LogP contribution in [0.2, 0.25) is 0 Å². The summed E-state index contributed by atoms with van der Waals surface area (Å²) in [6, 6.07) is 7.94. The van der Waals surface area contributed by atoms with Crippen molar-refractivity contribution in [3.63, 3.8) is 0 Å². The van der Waals surface area contributed by atoms with E-state index in [-0.39, 0.29) is 11.8 Å². The fourth-order valence-corrected chi connectivity index (χ4v) is 2.40. The molecule has 5 heteroatoms. The Kier molecular flexibility index (Phi) is 2.81. The maximum Gasteiger partial charge on any atom is 0.232 e. The Hall–Kier alpha value is -2.17. The van der Waals surface area contributed by atoms with E-state index in [0.717, 1.165) is 11.3 Å². The first-order valence-electron chi connectivity index (χ1n) is 6.31. The van der Waals surface area contributed by atoms with E-state index in [0.29, 0.717) is 24.7 Å². The molecule has 0 N–H and O–H groups in total. The minimum atomic E-state index is -0.00536. The number of nitrogens with zero attached hydrogens (tertiary/aromatic N) is 3. The van der Waals surface area contributed by atoms with Gasteiger partial charge in [-0.3, -0.25) is 4.79 Å². The molecule has 5 nitrogen and oxygen atoms in total. The normalized spacial score (nSPS) is 19.2. The van der Waals surface area contributed by atoms with E-state index in [1.807, 2.05) is 31.2 Å². The summed E-state index contributed by atoms with van der Waals surface area (Å²) >= 11 is 0. The lowest BCUT2D eigenvalue weighted by atomic mass is 10.1. The van der Waals surface area contributed by atoms with Crippen molar-refractivity contribution in [2.45, 2.75) is 26.2 Å². The third kappa shape index (κ3) is 2.23. The van der Waals surface area contributed by atoms with Crippen molar-refractivity contribution in [1.82, 2.24) is 10.1 Å². The van der Waals surface area contributed by atoms with Crippen LogP contribution in [0.1, 0.15) is 29.6 Å². The Bertz CT molecular complexity index is 621. The van der Waals surface area contributed by atoms with E-state index in [4.69, 9.17) is 4.52 Å². The highest BCUT2D eigenvalue weighted by Gasteiger charge is 2.34. The second kappa shape index (κ2) is 4.50. The molecule has 1 saturated heterocycles. The molecule has 1 aliphatic rings. The molecule has 2 aromatic rings. The lowest BCUT2D eigenvalue weighted by molar-refractivity contribution is -0.117. The van der Waals surface area contributed by atoms with Crippen molar-refractivity contribution in [2.75, 3.05) is 11.4 Å². The van der Waals surface area contributed by atoms with Gasteiger partial charge in [0.25, 0.3) is 0 Å². The quantitative estimate of drug-likeness (QED) is 0.827. The molecule has 1 aliphatic heterocycles. The second-order valence-electron chi connectivity index (χ2n) is 4.92. The van der Waals surface area contributed by atoms with Gasteiger partial charge in [-0.2, -0.15) is 4.98 Å². The molecule has 1 amide bonds. The highest BCUT2D eigenvalue weighted by molar-refractivity contribution is 5.96. The van der Waals surface area contributed by atoms with Crippen molar-refractivity contribution in [1.29, 1.82) is 0 Å². The molecule has 0 radical (unpaired) electrons. The number of aromatic nitrogens is 2. The first-order chi connectivity index (χ1) is 9.13. The maximum atomic E-state index is 12.1. The number of carbonyl (C=O) groups is 1. The first-order valence-corrected chi connectivity index (χ1v) is 6.31. The lowest BCUT2D eigenvalue weighted by Gasteiger charge is -2.16. The van der Waals surface area contributed by atoms with Crippen LogP contribution in [0, 0.1) is 13.8 Å². The van der Waals surface area contributed by atoms with Crippen LogP contribution < -0.4 is 4.90 Å². The molecule has 19 heavy (non-hydrogen) atoms. The van der Waals surface area contributed by atoms with Gasteiger partial charge in [0.15, 0.2) is 5.82 Å². The molecule has 1 atom stereocenters. The van der Waals surface area contributed by atoms with Crippen LogP contribution in [-0.2, 0) is 4.79 Å². The van der Waals surface area contributed by atoms with E-state index in [1.165, 1.54) is 0 Å². The summed E-state index contributed by atoms with van der Waals surface area (Å²) in [7, 11) is 0. The summed E-state index contributed by atoms with van der Waals surface area (Å²) in [5, 5.41) is 3.78. The number of rotatable bonds is 2. The molecular formula is C14H15N3O2. The average molecular weight is 257 g/mol. The predicted octanol–water partition coefficient (Wildman–Crippen LogP) is 2.21. The Morgan fingerprint density at radius 3 is 2.89 bits per heavy atom. The van der Waals surface area contributed by atoms with Gasteiger partial charge in [0.1, 0.15) is 0 Å². The Balaban J connectivity index is 1.84. The van der Waals surface area contributed by atoms with Crippen LogP contribution in [0.15, 0.2) is 28.8 Å². The number of hydrogen-bond donors (Lipinski definition) is 0. The van der Waals surface area contributed by atoms with Gasteiger partial charge in [0, 0.05) is 18.7 Å². The maximum absolute atomic E-state index is 12.1. The number of carbonyl (C=O) groups excluding carboxylic acids is 1. The monoisotopic (exact) mass is 257 g/mol. The van der Waals surface area contributed by atoms with Crippen molar-refractivity contribution >= 4 is 11.6 Å². The largest absolute Gasteiger partial charge is 0.339 e. The summed E-state index contributed by atoms with van der Waals surface area (Å²) in [5.74, 6) is 1.26. The molecule has 0 bridgehead atoms. The van der Waals surface area contributed by atoms with Gasteiger partial charge in [0.05, 0.1) is 5.92 Å². The molecule has 0 saturated carbocycles. The SMILES string of the molecule is Cc1cccc(N2C[C@@H](c3nc(C)no3)CC2=O)c1. The second-order valence-corrected chi connectivity index (χ2v) is 4.92. The molecular weight excluding hydrogens is 242 g/mol. The van der Waals surface area contributed by atoms with Gasteiger partial charge in [0.2, 0.25) is 11.8 Å². The van der Waals surface area contributed by atoms with E-state index in [1.54, 1.807) is 11.8 Å². The molecule has 2 heterocycles. The zero-order valence-electron chi connectivity index (χ0n) is 11.0. The van der Waals surface area contributed by atoms with Crippen molar-refractivity contribution < 1.29 is 9.32 Å². The van der Waals surface area contributed by atoms with Gasteiger partial charge in [-0.1, -0.05) is 17.3 Å². The smallest absolute Gasteiger partial charge is 0.232 e. The molecule has 98 valence electrons. The van der Waals surface area contributed by atoms with E-state index in [9.17, 15) is 4.79 Å². The van der Waals surface area contributed by atoms with Crippen LogP contribution >= 0.6 is 0 Å². The highest BCUT2D eigenvalue weighted by Crippen LogP contribution is 2.31. The molecule has 0 spiro atoms. The zero-order valence-corrected chi connectivity index (χ0v) is 11.0. The van der Waals surface area contributed by atoms with Gasteiger partial charge in [-0.15, -0.1) is 0 Å². The van der Waals surface area contributed by atoms with E-state index < -0.39 is 0 Å². The lowest BCUT2D eigenvalue weighted by Crippen LogP contribution is -2.24. The summed E-state index contributed by atoms with van der Waals surface area (Å²) in [6.07, 6.45) is 0.426. The molecule has 0 aliphatic carbocycles. The average Bonchev–Trinajstić information content (AvgIpc) is 2.95. The topological polar surface area (TPSA) is 59.2 Å². The Morgan fingerprint density at radius 1 is 1.37 bits per heavy atom. The molecule has 0 unspecified atom stereocenters. The van der Waals surface area contributed by atoms with Crippen LogP contribution in [0.4, 0.5) is 5.69 Å². The van der Waals surface area contributed by atoms with E-state index in [2.05, 4.69) is 10.1 Å². The Morgan fingerprint density at radius 2 is 2.21 bits per heavy atom. The number of amides is 1. The number of anilines is 1. The standard InChI is InChI=1S/C14H15N3O2/c1-9-4-3-5-12(6-9)17-8-11(7-13(17)18)14-15-10(2)16-19-14/h3-6,11H,7-8H2,1-2H3/t11-/m0/s1. The van der Waals surface area contributed by atoms with Crippen molar-refractivity contribution in [3.8, 4) is 0 Å². The highest BCUT2D eigenvalue weighted by atomic mass is 16.5. The molecule has 1 aromatic heterocycles. The fraction of sp³-hybridized carbons (Fsp3) is 0.357. The van der Waals surface area contributed by atoms with Crippen LogP contribution in [0.5, 0.6) is 0 Å². The Labute approximate surface area is 111 Å². The molecule has 1 fully saturated rings. The predicted molar refractivity (Wildman–Crippen MR) is 69.9 cm³/mol. The number of hydrogen-bond acceptors (Lipinski definition) is 4. The van der Waals surface area contributed by atoms with Gasteiger partial charge < -0.3 is 9.42 Å². The van der Waals surface area contributed by atoms with Gasteiger partial charge >= 0.3 is 0 Å². The number of aryl methyl sites for hydroxylation is 2. The van der Waals surface area contributed by atoms with Gasteiger partial charge in [-0.25, -0.2) is 0 Å². The number of benzene rings is 1. The van der Waals surface area contributed by atoms with Crippen LogP contribution in [0.3, 0.4) is 0 Å².